The molecule has 4 N–H and O–H groups in total. The maximum atomic E-state index is 11.3. The van der Waals surface area contributed by atoms with Crippen molar-refractivity contribution in [3.8, 4) is 0 Å². The Morgan fingerprint density at radius 2 is 1.76 bits per heavy atom. The molecule has 1 rings (SSSR count). The van der Waals surface area contributed by atoms with Crippen molar-refractivity contribution in [3.05, 3.63) is 0 Å². The van der Waals surface area contributed by atoms with E-state index in [0.717, 1.165) is 20.8 Å². The minimum Gasteiger partial charge on any atom is -0.463 e. The molecule has 0 aliphatic carbocycles. The molecule has 1 saturated heterocycles. The molecular weight excluding hydrogens is 365 g/mol. The first kappa shape index (κ1) is 21.5. The summed E-state index contributed by atoms with van der Waals surface area (Å²) in [5.41, 5.74) is 0. The Morgan fingerprint density at radius 3 is 2.20 bits per heavy atom. The number of hydrogen-bond donors (Lipinski definition) is 4. The highest BCUT2D eigenvalue weighted by atomic mass is 31.2. The Morgan fingerprint density at radius 1 is 1.16 bits per heavy atom. The molecule has 0 aromatic carbocycles. The lowest BCUT2D eigenvalue weighted by molar-refractivity contribution is -0.255. The predicted molar refractivity (Wildman–Crippen MR) is 77.6 cm³/mol. The second-order valence-corrected chi connectivity index (χ2v) is 6.42. The minimum absolute atomic E-state index is 0.488. The number of ether oxygens (including phenoxy) is 3. The van der Waals surface area contributed by atoms with Crippen molar-refractivity contribution < 1.29 is 52.6 Å². The number of hydrogen-bond acceptors (Lipinski definition) is 9. The van der Waals surface area contributed by atoms with Crippen LogP contribution in [0.5, 0.6) is 0 Å². The number of esters is 2. The van der Waals surface area contributed by atoms with Crippen LogP contribution in [-0.2, 0) is 37.7 Å². The fourth-order valence-corrected chi connectivity index (χ4v) is 2.66. The van der Waals surface area contributed by atoms with E-state index in [0.29, 0.717) is 0 Å². The van der Waals surface area contributed by atoms with Gasteiger partial charge in [-0.2, -0.15) is 0 Å². The number of nitrogens with one attached hydrogen (secondary N) is 1. The standard InChI is InChI=1S/C12H20NO11P/c1-5(14)13-9-10(17)11(22-7(3)16)8(4-21-6(2)15)23-12(9)24-25(18,19)20/h8-12,17H,4H2,1-3H3,(H,13,14)(H2,18,19,20)/t8-,9-,10-,11-,12-/m1/s1. The molecule has 13 heteroatoms. The summed E-state index contributed by atoms with van der Waals surface area (Å²) in [4.78, 5) is 51.4. The zero-order valence-corrected chi connectivity index (χ0v) is 14.5. The molecule has 0 saturated carbocycles. The van der Waals surface area contributed by atoms with Crippen molar-refractivity contribution >= 4 is 25.7 Å². The first-order chi connectivity index (χ1) is 11.4. The molecule has 0 unspecified atom stereocenters. The van der Waals surface area contributed by atoms with Crippen LogP contribution in [-0.4, -0.2) is 70.0 Å². The van der Waals surface area contributed by atoms with Crippen LogP contribution in [0.3, 0.4) is 0 Å². The van der Waals surface area contributed by atoms with Gasteiger partial charge in [0.15, 0.2) is 12.4 Å². The molecule has 5 atom stereocenters. The van der Waals surface area contributed by atoms with Gasteiger partial charge in [0.05, 0.1) is 0 Å². The summed E-state index contributed by atoms with van der Waals surface area (Å²) in [5, 5.41) is 12.6. The summed E-state index contributed by atoms with van der Waals surface area (Å²) in [5.74, 6) is -2.15. The highest BCUT2D eigenvalue weighted by Gasteiger charge is 2.50. The van der Waals surface area contributed by atoms with E-state index in [2.05, 4.69) is 9.84 Å². The van der Waals surface area contributed by atoms with Crippen LogP contribution < -0.4 is 5.32 Å². The van der Waals surface area contributed by atoms with Crippen LogP contribution in [0, 0.1) is 0 Å². The zero-order chi connectivity index (χ0) is 19.4. The maximum absolute atomic E-state index is 11.3. The minimum atomic E-state index is -5.06. The molecule has 1 amide bonds. The molecule has 1 fully saturated rings. The SMILES string of the molecule is CC(=O)N[C@H]1[C@@H](OP(=O)(O)O)O[C@H](COC(C)=O)[C@@H](OC(C)=O)[C@@H]1O. The largest absolute Gasteiger partial charge is 0.472 e. The van der Waals surface area contributed by atoms with Crippen molar-refractivity contribution in [1.29, 1.82) is 0 Å². The van der Waals surface area contributed by atoms with Gasteiger partial charge in [-0.15, -0.1) is 0 Å². The summed E-state index contributed by atoms with van der Waals surface area (Å²) in [7, 11) is -5.06. The van der Waals surface area contributed by atoms with Gasteiger partial charge in [-0.25, -0.2) is 4.57 Å². The van der Waals surface area contributed by atoms with E-state index in [4.69, 9.17) is 24.0 Å². The lowest BCUT2D eigenvalue weighted by atomic mass is 9.96. The van der Waals surface area contributed by atoms with Crippen LogP contribution in [0.15, 0.2) is 0 Å². The molecule has 144 valence electrons. The monoisotopic (exact) mass is 385 g/mol. The number of amides is 1. The fourth-order valence-electron chi connectivity index (χ4n) is 2.20. The summed E-state index contributed by atoms with van der Waals surface area (Å²) in [6, 6.07) is -1.46. The van der Waals surface area contributed by atoms with E-state index in [1.807, 2.05) is 0 Å². The maximum Gasteiger partial charge on any atom is 0.472 e. The fraction of sp³-hybridized carbons (Fsp3) is 0.750. The molecule has 0 spiro atoms. The van der Waals surface area contributed by atoms with Crippen LogP contribution in [0.4, 0.5) is 0 Å². The van der Waals surface area contributed by atoms with Gasteiger partial charge < -0.3 is 34.4 Å². The number of carbonyl (C=O) groups is 3. The van der Waals surface area contributed by atoms with Crippen LogP contribution in [0.25, 0.3) is 0 Å². The van der Waals surface area contributed by atoms with Gasteiger partial charge >= 0.3 is 19.8 Å². The Hall–Kier alpha value is -1.56. The van der Waals surface area contributed by atoms with Crippen molar-refractivity contribution in [1.82, 2.24) is 5.32 Å². The van der Waals surface area contributed by atoms with Gasteiger partial charge in [0.2, 0.25) is 5.91 Å². The Bertz CT molecular complexity index is 559. The average molecular weight is 385 g/mol. The summed E-state index contributed by atoms with van der Waals surface area (Å²) in [6.45, 7) is 2.76. The molecule has 0 aromatic heterocycles. The number of carbonyl (C=O) groups excluding carboxylic acids is 3. The number of aliphatic hydroxyl groups excluding tert-OH is 1. The number of phosphoric ester groups is 1. The lowest BCUT2D eigenvalue weighted by Crippen LogP contribution is -2.65. The molecule has 0 radical (unpaired) electrons. The predicted octanol–water partition coefficient (Wildman–Crippen LogP) is -1.82. The van der Waals surface area contributed by atoms with Gasteiger partial charge in [-0.05, 0) is 0 Å². The number of rotatable bonds is 6. The molecule has 0 bridgehead atoms. The van der Waals surface area contributed by atoms with Gasteiger partial charge in [-0.3, -0.25) is 18.9 Å². The normalized spacial score (nSPS) is 29.6. The van der Waals surface area contributed by atoms with Crippen LogP contribution in [0.1, 0.15) is 20.8 Å². The van der Waals surface area contributed by atoms with Crippen molar-refractivity contribution in [2.75, 3.05) is 6.61 Å². The zero-order valence-electron chi connectivity index (χ0n) is 13.6. The van der Waals surface area contributed by atoms with E-state index in [1.165, 1.54) is 0 Å². The van der Waals surface area contributed by atoms with E-state index in [1.54, 1.807) is 0 Å². The van der Waals surface area contributed by atoms with Crippen molar-refractivity contribution in [2.24, 2.45) is 0 Å². The highest BCUT2D eigenvalue weighted by molar-refractivity contribution is 7.46. The smallest absolute Gasteiger partial charge is 0.463 e. The average Bonchev–Trinajstić information content (AvgIpc) is 2.42. The van der Waals surface area contributed by atoms with E-state index >= 15 is 0 Å². The molecular formula is C12H20NO11P. The van der Waals surface area contributed by atoms with E-state index in [9.17, 15) is 24.1 Å². The second kappa shape index (κ2) is 8.70. The third-order valence-electron chi connectivity index (χ3n) is 3.04. The Labute approximate surface area is 142 Å². The van der Waals surface area contributed by atoms with E-state index < -0.39 is 62.9 Å². The van der Waals surface area contributed by atoms with Crippen molar-refractivity contribution in [3.63, 3.8) is 0 Å². The van der Waals surface area contributed by atoms with Gasteiger partial charge in [-0.1, -0.05) is 0 Å². The topological polar surface area (TPSA) is 178 Å². The first-order valence-corrected chi connectivity index (χ1v) is 8.59. The molecule has 1 aliphatic rings. The van der Waals surface area contributed by atoms with Crippen LogP contribution >= 0.6 is 7.82 Å². The summed E-state index contributed by atoms with van der Waals surface area (Å²) in [6.07, 6.45) is -6.11. The van der Waals surface area contributed by atoms with Crippen molar-refractivity contribution in [2.45, 2.75) is 51.4 Å². The molecule has 1 aliphatic heterocycles. The summed E-state index contributed by atoms with van der Waals surface area (Å²) < 4.78 is 30.5. The number of aliphatic hydroxyl groups is 1. The number of phosphoric acid groups is 1. The Balaban J connectivity index is 3.10. The summed E-state index contributed by atoms with van der Waals surface area (Å²) >= 11 is 0. The highest BCUT2D eigenvalue weighted by Crippen LogP contribution is 2.41. The lowest BCUT2D eigenvalue weighted by Gasteiger charge is -2.43. The quantitative estimate of drug-likeness (QED) is 0.299. The third kappa shape index (κ3) is 7.06. The first-order valence-electron chi connectivity index (χ1n) is 7.06. The molecule has 0 aromatic rings. The molecule has 12 nitrogen and oxygen atoms in total. The van der Waals surface area contributed by atoms with Crippen LogP contribution in [0.2, 0.25) is 0 Å². The van der Waals surface area contributed by atoms with Gasteiger partial charge in [0, 0.05) is 20.8 Å². The second-order valence-electron chi connectivity index (χ2n) is 5.23. The third-order valence-corrected chi connectivity index (χ3v) is 3.52. The van der Waals surface area contributed by atoms with E-state index in [-0.39, 0.29) is 0 Å². The molecule has 1 heterocycles. The van der Waals surface area contributed by atoms with Gasteiger partial charge in [0.1, 0.15) is 24.9 Å². The van der Waals surface area contributed by atoms with Gasteiger partial charge in [0.25, 0.3) is 0 Å². The molecule has 25 heavy (non-hydrogen) atoms. The Kier molecular flexibility index (Phi) is 7.47.